The number of likely N-dealkylation sites (tertiary alicyclic amines) is 1. The highest BCUT2D eigenvalue weighted by Gasteiger charge is 2.34. The maximum absolute atomic E-state index is 2.66. The van der Waals surface area contributed by atoms with E-state index < -0.39 is 0 Å². The second-order valence-corrected chi connectivity index (χ2v) is 6.87. The zero-order valence-electron chi connectivity index (χ0n) is 13.0. The van der Waals surface area contributed by atoms with Crippen molar-refractivity contribution in [3.8, 4) is 0 Å². The first kappa shape index (κ1) is 14.3. The highest BCUT2D eigenvalue weighted by molar-refractivity contribution is 5.57. The van der Waals surface area contributed by atoms with Crippen LogP contribution in [0, 0.1) is 0 Å². The molecule has 0 aliphatic carbocycles. The van der Waals surface area contributed by atoms with Crippen LogP contribution in [0.4, 0.5) is 0 Å². The van der Waals surface area contributed by atoms with Crippen molar-refractivity contribution in [1.82, 2.24) is 4.90 Å². The predicted octanol–water partition coefficient (Wildman–Crippen LogP) is 5.05. The third-order valence-corrected chi connectivity index (χ3v) is 3.91. The third-order valence-electron chi connectivity index (χ3n) is 3.91. The molecule has 1 heterocycles. The minimum absolute atomic E-state index is 0.249. The molecule has 1 saturated heterocycles. The van der Waals surface area contributed by atoms with Gasteiger partial charge in [-0.25, -0.2) is 0 Å². The van der Waals surface area contributed by atoms with Crippen LogP contribution in [0.3, 0.4) is 0 Å². The van der Waals surface area contributed by atoms with Crippen LogP contribution in [0.2, 0.25) is 0 Å². The lowest BCUT2D eigenvalue weighted by Gasteiger charge is -2.37. The molecule has 19 heavy (non-hydrogen) atoms. The van der Waals surface area contributed by atoms with Gasteiger partial charge in [-0.05, 0) is 65.1 Å². The molecule has 1 aliphatic heterocycles. The van der Waals surface area contributed by atoms with E-state index in [-0.39, 0.29) is 5.54 Å². The summed E-state index contributed by atoms with van der Waals surface area (Å²) < 4.78 is 0. The number of benzene rings is 1. The van der Waals surface area contributed by atoms with E-state index in [9.17, 15) is 0 Å². The first-order valence-electron chi connectivity index (χ1n) is 7.40. The number of allylic oxidation sites excluding steroid dienone is 1. The molecule has 0 spiro atoms. The largest absolute Gasteiger partial charge is 0.291 e. The molecule has 1 atom stereocenters. The van der Waals surface area contributed by atoms with E-state index in [2.05, 4.69) is 69.9 Å². The lowest BCUT2D eigenvalue weighted by molar-refractivity contribution is 0.121. The fourth-order valence-electron chi connectivity index (χ4n) is 3.15. The van der Waals surface area contributed by atoms with E-state index in [4.69, 9.17) is 0 Å². The van der Waals surface area contributed by atoms with Gasteiger partial charge in [-0.2, -0.15) is 0 Å². The average molecular weight is 257 g/mol. The quantitative estimate of drug-likeness (QED) is 0.717. The smallest absolute Gasteiger partial charge is 0.0359 e. The minimum atomic E-state index is 0.249. The summed E-state index contributed by atoms with van der Waals surface area (Å²) in [4.78, 5) is 2.66. The van der Waals surface area contributed by atoms with Crippen molar-refractivity contribution in [3.63, 3.8) is 0 Å². The minimum Gasteiger partial charge on any atom is -0.291 e. The Morgan fingerprint density at radius 3 is 2.53 bits per heavy atom. The van der Waals surface area contributed by atoms with Crippen molar-refractivity contribution in [2.45, 2.75) is 59.0 Å². The van der Waals surface area contributed by atoms with E-state index in [1.54, 1.807) is 0 Å². The van der Waals surface area contributed by atoms with Crippen LogP contribution in [-0.2, 0) is 0 Å². The summed E-state index contributed by atoms with van der Waals surface area (Å²) >= 11 is 0. The lowest BCUT2D eigenvalue weighted by atomic mass is 9.94. The molecule has 0 radical (unpaired) electrons. The summed E-state index contributed by atoms with van der Waals surface area (Å²) in [6, 6.07) is 9.46. The summed E-state index contributed by atoms with van der Waals surface area (Å²) in [5, 5.41) is 0. The van der Waals surface area contributed by atoms with Crippen LogP contribution in [0.15, 0.2) is 29.8 Å². The molecule has 0 bridgehead atoms. The molecule has 0 N–H and O–H groups in total. The molecule has 0 saturated carbocycles. The van der Waals surface area contributed by atoms with E-state index in [1.165, 1.54) is 36.1 Å². The Labute approximate surface area is 118 Å². The summed E-state index contributed by atoms with van der Waals surface area (Å²) in [5.41, 5.74) is 4.51. The Morgan fingerprint density at radius 2 is 1.89 bits per heavy atom. The number of hydrogen-bond acceptors (Lipinski definition) is 1. The fourth-order valence-corrected chi connectivity index (χ4v) is 3.15. The molecule has 1 aromatic carbocycles. The number of rotatable bonds is 2. The maximum Gasteiger partial charge on any atom is 0.0359 e. The standard InChI is InChI=1S/C18H27N/c1-14(2)13-15-9-6-7-10-16(15)17-11-8-12-19(17)18(3,4)5/h6-7,9-10,13,17H,8,11-12H2,1-5H3. The second-order valence-electron chi connectivity index (χ2n) is 6.87. The molecule has 1 fully saturated rings. The molecular formula is C18H27N. The van der Waals surface area contributed by atoms with Crippen molar-refractivity contribution in [3.05, 3.63) is 41.0 Å². The summed E-state index contributed by atoms with van der Waals surface area (Å²) in [6.45, 7) is 12.6. The van der Waals surface area contributed by atoms with Gasteiger partial charge in [-0.1, -0.05) is 35.9 Å². The molecular weight excluding hydrogens is 230 g/mol. The number of hydrogen-bond donors (Lipinski definition) is 0. The van der Waals surface area contributed by atoms with E-state index >= 15 is 0 Å². The van der Waals surface area contributed by atoms with Crippen molar-refractivity contribution < 1.29 is 0 Å². The van der Waals surface area contributed by atoms with E-state index in [0.717, 1.165) is 0 Å². The zero-order valence-corrected chi connectivity index (χ0v) is 13.0. The molecule has 104 valence electrons. The summed E-state index contributed by atoms with van der Waals surface area (Å²) in [5.74, 6) is 0. The van der Waals surface area contributed by atoms with E-state index in [1.807, 2.05) is 0 Å². The van der Waals surface area contributed by atoms with Crippen molar-refractivity contribution in [1.29, 1.82) is 0 Å². The SMILES string of the molecule is CC(C)=Cc1ccccc1C1CCCN1C(C)(C)C. The molecule has 1 heteroatoms. The Kier molecular flexibility index (Phi) is 4.15. The predicted molar refractivity (Wildman–Crippen MR) is 84.2 cm³/mol. The molecule has 2 rings (SSSR count). The van der Waals surface area contributed by atoms with Gasteiger partial charge in [0.2, 0.25) is 0 Å². The molecule has 0 amide bonds. The van der Waals surface area contributed by atoms with Crippen LogP contribution in [0.1, 0.15) is 64.6 Å². The van der Waals surface area contributed by atoms with Gasteiger partial charge in [0.05, 0.1) is 0 Å². The molecule has 0 aromatic heterocycles. The van der Waals surface area contributed by atoms with Gasteiger partial charge in [0.15, 0.2) is 0 Å². The normalized spacial score (nSPS) is 20.6. The van der Waals surface area contributed by atoms with Crippen LogP contribution in [0.5, 0.6) is 0 Å². The monoisotopic (exact) mass is 257 g/mol. The average Bonchev–Trinajstić information content (AvgIpc) is 2.77. The molecule has 1 unspecified atom stereocenters. The topological polar surface area (TPSA) is 3.24 Å². The fraction of sp³-hybridized carbons (Fsp3) is 0.556. The van der Waals surface area contributed by atoms with Gasteiger partial charge < -0.3 is 0 Å². The summed E-state index contributed by atoms with van der Waals surface area (Å²) in [6.07, 6.45) is 4.91. The van der Waals surface area contributed by atoms with Crippen molar-refractivity contribution in [2.24, 2.45) is 0 Å². The first-order valence-corrected chi connectivity index (χ1v) is 7.40. The molecule has 1 aromatic rings. The van der Waals surface area contributed by atoms with Gasteiger partial charge in [0, 0.05) is 11.6 Å². The van der Waals surface area contributed by atoms with Crippen molar-refractivity contribution in [2.75, 3.05) is 6.54 Å². The van der Waals surface area contributed by atoms with Gasteiger partial charge in [-0.3, -0.25) is 4.90 Å². The maximum atomic E-state index is 2.66. The van der Waals surface area contributed by atoms with Gasteiger partial charge >= 0.3 is 0 Å². The van der Waals surface area contributed by atoms with Gasteiger partial charge in [-0.15, -0.1) is 0 Å². The van der Waals surface area contributed by atoms with Crippen LogP contribution in [0.25, 0.3) is 6.08 Å². The third kappa shape index (κ3) is 3.27. The Morgan fingerprint density at radius 1 is 1.21 bits per heavy atom. The highest BCUT2D eigenvalue weighted by Crippen LogP contribution is 2.38. The Hall–Kier alpha value is -1.08. The van der Waals surface area contributed by atoms with Crippen LogP contribution < -0.4 is 0 Å². The van der Waals surface area contributed by atoms with E-state index in [0.29, 0.717) is 6.04 Å². The lowest BCUT2D eigenvalue weighted by Crippen LogP contribution is -2.40. The molecule has 1 nitrogen and oxygen atoms in total. The first-order chi connectivity index (χ1) is 8.89. The molecule has 1 aliphatic rings. The van der Waals surface area contributed by atoms with Crippen LogP contribution >= 0.6 is 0 Å². The van der Waals surface area contributed by atoms with Gasteiger partial charge in [0.25, 0.3) is 0 Å². The number of nitrogens with zero attached hydrogens (tertiary/aromatic N) is 1. The van der Waals surface area contributed by atoms with Gasteiger partial charge in [0.1, 0.15) is 0 Å². The second kappa shape index (κ2) is 5.50. The highest BCUT2D eigenvalue weighted by atomic mass is 15.2. The Balaban J connectivity index is 2.39. The summed E-state index contributed by atoms with van der Waals surface area (Å²) in [7, 11) is 0. The Bertz CT molecular complexity index is 461. The zero-order chi connectivity index (χ0) is 14.0. The van der Waals surface area contributed by atoms with Crippen LogP contribution in [-0.4, -0.2) is 17.0 Å². The van der Waals surface area contributed by atoms with Crippen molar-refractivity contribution >= 4 is 6.08 Å².